The molecule has 34 heavy (non-hydrogen) atoms. The molecule has 2 aliphatic rings. The molecule has 1 aliphatic heterocycles. The van der Waals surface area contributed by atoms with Crippen molar-refractivity contribution in [1.29, 1.82) is 0 Å². The Morgan fingerprint density at radius 2 is 1.82 bits per heavy atom. The molecule has 2 fully saturated rings. The molecule has 2 heterocycles. The number of hydrogen-bond acceptors (Lipinski definition) is 5. The third-order valence-electron chi connectivity index (χ3n) is 6.88. The lowest BCUT2D eigenvalue weighted by molar-refractivity contribution is 0.102. The van der Waals surface area contributed by atoms with E-state index < -0.39 is 10.0 Å². The molecule has 3 aromatic rings. The zero-order valence-corrected chi connectivity index (χ0v) is 20.1. The van der Waals surface area contributed by atoms with Gasteiger partial charge in [-0.25, -0.2) is 13.4 Å². The van der Waals surface area contributed by atoms with Crippen LogP contribution >= 0.6 is 0 Å². The van der Waals surface area contributed by atoms with Gasteiger partial charge in [0.2, 0.25) is 10.0 Å². The van der Waals surface area contributed by atoms with Gasteiger partial charge in [0, 0.05) is 30.9 Å². The van der Waals surface area contributed by atoms with E-state index in [0.717, 1.165) is 68.4 Å². The number of carbonyl (C=O) groups is 1. The molecule has 5 rings (SSSR count). The van der Waals surface area contributed by atoms with Crippen molar-refractivity contribution in [3.63, 3.8) is 0 Å². The molecule has 0 spiro atoms. The maximum atomic E-state index is 13.0. The summed E-state index contributed by atoms with van der Waals surface area (Å²) >= 11 is 0. The summed E-state index contributed by atoms with van der Waals surface area (Å²) in [6, 6.07) is 11.7. The number of nitrogens with zero attached hydrogens (tertiary/aromatic N) is 2. The Morgan fingerprint density at radius 1 is 1.06 bits per heavy atom. The third kappa shape index (κ3) is 4.60. The van der Waals surface area contributed by atoms with Crippen molar-refractivity contribution in [1.82, 2.24) is 14.3 Å². The Bertz CT molecular complexity index is 1270. The van der Waals surface area contributed by atoms with Gasteiger partial charge >= 0.3 is 0 Å². The summed E-state index contributed by atoms with van der Waals surface area (Å²) in [7, 11) is -1.93. The zero-order valence-electron chi connectivity index (χ0n) is 19.3. The fourth-order valence-electron chi connectivity index (χ4n) is 4.84. The molecule has 1 saturated heterocycles. The van der Waals surface area contributed by atoms with E-state index in [1.165, 1.54) is 16.4 Å². The molecule has 2 aromatic carbocycles. The zero-order chi connectivity index (χ0) is 23.7. The van der Waals surface area contributed by atoms with Gasteiger partial charge in [-0.2, -0.15) is 4.31 Å². The summed E-state index contributed by atoms with van der Waals surface area (Å²) in [5, 5.41) is 2.88. The van der Waals surface area contributed by atoms with E-state index in [4.69, 9.17) is 4.74 Å². The van der Waals surface area contributed by atoms with Crippen LogP contribution in [0.3, 0.4) is 0 Å². The normalized spacial score (nSPS) is 19.6. The number of amides is 1. The molecule has 0 radical (unpaired) electrons. The van der Waals surface area contributed by atoms with Crippen LogP contribution in [-0.4, -0.2) is 48.3 Å². The number of nitrogens with one attached hydrogen (secondary N) is 2. The number of hydrogen-bond donors (Lipinski definition) is 2. The molecular formula is C25H30N4O4S. The van der Waals surface area contributed by atoms with E-state index in [9.17, 15) is 13.2 Å². The van der Waals surface area contributed by atoms with Crippen LogP contribution in [0.1, 0.15) is 67.2 Å². The Morgan fingerprint density at radius 3 is 2.53 bits per heavy atom. The van der Waals surface area contributed by atoms with Crippen LogP contribution in [0.4, 0.5) is 5.69 Å². The molecule has 180 valence electrons. The highest BCUT2D eigenvalue weighted by Gasteiger charge is 2.29. The van der Waals surface area contributed by atoms with E-state index in [1.807, 2.05) is 12.1 Å². The number of anilines is 1. The first kappa shape index (κ1) is 23.0. The van der Waals surface area contributed by atoms with Gasteiger partial charge in [-0.15, -0.1) is 0 Å². The van der Waals surface area contributed by atoms with E-state index in [2.05, 4.69) is 15.3 Å². The highest BCUT2D eigenvalue weighted by molar-refractivity contribution is 7.89. The first-order valence-electron chi connectivity index (χ1n) is 11.9. The van der Waals surface area contributed by atoms with Gasteiger partial charge in [0.15, 0.2) is 0 Å². The number of carbonyl (C=O) groups excluding carboxylic acids is 1. The first-order valence-corrected chi connectivity index (χ1v) is 13.4. The number of fused-ring (bicyclic) bond motifs is 1. The lowest BCUT2D eigenvalue weighted by Gasteiger charge is -2.30. The summed E-state index contributed by atoms with van der Waals surface area (Å²) in [6.45, 7) is 0.750. The van der Waals surface area contributed by atoms with Gasteiger partial charge < -0.3 is 15.0 Å². The summed E-state index contributed by atoms with van der Waals surface area (Å²) in [5.74, 6) is 0.508. The largest absolute Gasteiger partial charge is 0.370 e. The number of sulfonamides is 1. The van der Waals surface area contributed by atoms with Gasteiger partial charge in [0.05, 0.1) is 15.9 Å². The molecular weight excluding hydrogens is 452 g/mol. The van der Waals surface area contributed by atoms with Crippen LogP contribution in [0.2, 0.25) is 0 Å². The minimum Gasteiger partial charge on any atom is -0.370 e. The van der Waals surface area contributed by atoms with E-state index in [-0.39, 0.29) is 22.9 Å². The average molecular weight is 483 g/mol. The number of aromatic nitrogens is 2. The molecule has 1 atom stereocenters. The maximum Gasteiger partial charge on any atom is 0.255 e. The summed E-state index contributed by atoms with van der Waals surface area (Å²) < 4.78 is 33.3. The van der Waals surface area contributed by atoms with Crippen molar-refractivity contribution in [2.45, 2.75) is 62.0 Å². The molecule has 1 aliphatic carbocycles. The SMILES string of the molecule is CN(C1CCCCC1)S(=O)(=O)c1ccc(C(=O)Nc2ccc3nc(C4CCCO4)[nH]c3c2)cc1. The van der Waals surface area contributed by atoms with Gasteiger partial charge in [0.1, 0.15) is 11.9 Å². The lowest BCUT2D eigenvalue weighted by atomic mass is 9.96. The van der Waals surface area contributed by atoms with Gasteiger partial charge in [-0.3, -0.25) is 4.79 Å². The smallest absolute Gasteiger partial charge is 0.255 e. The molecule has 0 bridgehead atoms. The first-order chi connectivity index (χ1) is 16.4. The Balaban J connectivity index is 1.28. The fourth-order valence-corrected chi connectivity index (χ4v) is 6.26. The second-order valence-corrected chi connectivity index (χ2v) is 11.1. The molecule has 1 saturated carbocycles. The standard InChI is InChI=1S/C25H30N4O4S/c1-29(19-6-3-2-4-7-19)34(31,32)20-12-9-17(10-13-20)25(30)26-18-11-14-21-22(16-18)28-24(27-21)23-8-5-15-33-23/h9-14,16,19,23H,2-8,15H2,1H3,(H,26,30)(H,27,28). The van der Waals surface area contributed by atoms with Crippen LogP contribution < -0.4 is 5.32 Å². The van der Waals surface area contributed by atoms with E-state index in [1.54, 1.807) is 25.2 Å². The van der Waals surface area contributed by atoms with Crippen molar-refractivity contribution in [3.8, 4) is 0 Å². The van der Waals surface area contributed by atoms with Crippen molar-refractivity contribution in [3.05, 3.63) is 53.9 Å². The van der Waals surface area contributed by atoms with Crippen LogP contribution in [0.15, 0.2) is 47.4 Å². The lowest BCUT2D eigenvalue weighted by Crippen LogP contribution is -2.38. The minimum atomic E-state index is -3.59. The highest BCUT2D eigenvalue weighted by Crippen LogP contribution is 2.29. The second kappa shape index (κ2) is 9.48. The minimum absolute atomic E-state index is 0.00241. The third-order valence-corrected chi connectivity index (χ3v) is 8.80. The number of imidazole rings is 1. The predicted molar refractivity (Wildman–Crippen MR) is 130 cm³/mol. The second-order valence-electron chi connectivity index (χ2n) is 9.15. The van der Waals surface area contributed by atoms with E-state index in [0.29, 0.717) is 11.3 Å². The maximum absolute atomic E-state index is 13.0. The van der Waals surface area contributed by atoms with Gasteiger partial charge in [-0.1, -0.05) is 19.3 Å². The van der Waals surface area contributed by atoms with Crippen LogP contribution in [0.5, 0.6) is 0 Å². The molecule has 1 aromatic heterocycles. The number of H-pyrrole nitrogens is 1. The monoisotopic (exact) mass is 482 g/mol. The topological polar surface area (TPSA) is 104 Å². The van der Waals surface area contributed by atoms with Crippen molar-refractivity contribution >= 4 is 32.7 Å². The number of ether oxygens (including phenoxy) is 1. The summed E-state index contributed by atoms with van der Waals surface area (Å²) in [4.78, 5) is 20.9. The van der Waals surface area contributed by atoms with Crippen molar-refractivity contribution < 1.29 is 17.9 Å². The molecule has 2 N–H and O–H groups in total. The Hall–Kier alpha value is -2.75. The molecule has 1 unspecified atom stereocenters. The van der Waals surface area contributed by atoms with Crippen LogP contribution in [0.25, 0.3) is 11.0 Å². The highest BCUT2D eigenvalue weighted by atomic mass is 32.2. The number of rotatable bonds is 6. The van der Waals surface area contributed by atoms with Crippen LogP contribution in [0, 0.1) is 0 Å². The quantitative estimate of drug-likeness (QED) is 0.533. The van der Waals surface area contributed by atoms with Gasteiger partial charge in [0.25, 0.3) is 5.91 Å². The average Bonchev–Trinajstić information content (AvgIpc) is 3.54. The Labute approximate surface area is 199 Å². The summed E-state index contributed by atoms with van der Waals surface area (Å²) in [6.07, 6.45) is 7.05. The number of benzene rings is 2. The predicted octanol–water partition coefficient (Wildman–Crippen LogP) is 4.62. The summed E-state index contributed by atoms with van der Waals surface area (Å²) in [5.41, 5.74) is 2.67. The molecule has 1 amide bonds. The molecule has 9 heteroatoms. The van der Waals surface area contributed by atoms with Gasteiger partial charge in [-0.05, 0) is 68.1 Å². The fraction of sp³-hybridized carbons (Fsp3) is 0.440. The Kier molecular flexibility index (Phi) is 6.42. The van der Waals surface area contributed by atoms with Crippen molar-refractivity contribution in [2.75, 3.05) is 19.0 Å². The molecule has 8 nitrogen and oxygen atoms in total. The van der Waals surface area contributed by atoms with Crippen molar-refractivity contribution in [2.24, 2.45) is 0 Å². The van der Waals surface area contributed by atoms with Crippen LogP contribution in [-0.2, 0) is 14.8 Å². The number of aromatic amines is 1. The van der Waals surface area contributed by atoms with E-state index >= 15 is 0 Å².